The third-order valence-corrected chi connectivity index (χ3v) is 4.10. The van der Waals surface area contributed by atoms with E-state index in [0.29, 0.717) is 17.2 Å². The second-order valence-electron chi connectivity index (χ2n) is 5.49. The van der Waals surface area contributed by atoms with Crippen LogP contribution in [0.1, 0.15) is 35.1 Å². The Hall–Kier alpha value is -2.29. The summed E-state index contributed by atoms with van der Waals surface area (Å²) in [6.07, 6.45) is 2.53. The van der Waals surface area contributed by atoms with E-state index in [2.05, 4.69) is 15.5 Å². The van der Waals surface area contributed by atoms with E-state index in [-0.39, 0.29) is 6.54 Å². The van der Waals surface area contributed by atoms with Gasteiger partial charge >= 0.3 is 0 Å². The van der Waals surface area contributed by atoms with E-state index in [0.717, 1.165) is 30.8 Å². The highest BCUT2D eigenvalue weighted by Crippen LogP contribution is 2.35. The lowest BCUT2D eigenvalue weighted by molar-refractivity contribution is 0.0945. The summed E-state index contributed by atoms with van der Waals surface area (Å²) < 4.78 is 34.8. The first-order valence-electron chi connectivity index (χ1n) is 7.49. The van der Waals surface area contributed by atoms with Gasteiger partial charge in [0.2, 0.25) is 0 Å². The van der Waals surface area contributed by atoms with Gasteiger partial charge in [-0.15, -0.1) is 0 Å². The number of methoxy groups -OCH3 is 1. The van der Waals surface area contributed by atoms with E-state index >= 15 is 0 Å². The second kappa shape index (κ2) is 6.68. The van der Waals surface area contributed by atoms with Gasteiger partial charge in [-0.1, -0.05) is 0 Å². The zero-order chi connectivity index (χ0) is 17.3. The molecule has 1 aromatic carbocycles. The molecule has 1 heterocycles. The van der Waals surface area contributed by atoms with E-state index in [1.165, 1.54) is 7.11 Å². The molecule has 1 aliphatic rings. The van der Waals surface area contributed by atoms with Crippen molar-refractivity contribution in [2.24, 2.45) is 0 Å². The predicted octanol–water partition coefficient (Wildman–Crippen LogP) is 2.53. The smallest absolute Gasteiger partial charge is 0.258 e. The molecule has 0 spiro atoms. The Kier molecular flexibility index (Phi) is 4.61. The van der Waals surface area contributed by atoms with Gasteiger partial charge in [-0.2, -0.15) is 5.10 Å². The summed E-state index contributed by atoms with van der Waals surface area (Å²) >= 11 is 5.18. The summed E-state index contributed by atoms with van der Waals surface area (Å²) in [4.78, 5) is 12.2. The normalized spacial score (nSPS) is 13.8. The van der Waals surface area contributed by atoms with Gasteiger partial charge < -0.3 is 14.6 Å². The number of carbonyl (C=O) groups is 1. The van der Waals surface area contributed by atoms with Gasteiger partial charge in [0.1, 0.15) is 17.2 Å². The number of hydrogen-bond donors (Lipinski definition) is 2. The number of rotatable bonds is 6. The zero-order valence-corrected chi connectivity index (χ0v) is 13.8. The molecular formula is C15H16F2N4O2S. The maximum absolute atomic E-state index is 13.9. The minimum Gasteiger partial charge on any atom is -0.493 e. The van der Waals surface area contributed by atoms with Crippen LogP contribution in [-0.4, -0.2) is 34.3 Å². The van der Waals surface area contributed by atoms with Crippen LogP contribution in [0.4, 0.5) is 8.78 Å². The van der Waals surface area contributed by atoms with E-state index in [1.54, 1.807) is 0 Å². The fraction of sp³-hybridized carbons (Fsp3) is 0.400. The molecule has 6 nitrogen and oxygen atoms in total. The molecular weight excluding hydrogens is 338 g/mol. The first kappa shape index (κ1) is 16.6. The quantitative estimate of drug-likeness (QED) is 0.782. The molecule has 128 valence electrons. The second-order valence-corrected chi connectivity index (χ2v) is 5.88. The van der Waals surface area contributed by atoms with Crippen molar-refractivity contribution < 1.29 is 18.3 Å². The fourth-order valence-electron chi connectivity index (χ4n) is 2.54. The highest BCUT2D eigenvalue weighted by Gasteiger charge is 2.27. The Labute approximate surface area is 141 Å². The largest absolute Gasteiger partial charge is 0.493 e. The molecule has 1 aliphatic carbocycles. The molecule has 2 N–H and O–H groups in total. The summed E-state index contributed by atoms with van der Waals surface area (Å²) in [5, 5.41) is 9.44. The average Bonchev–Trinajstić information content (AvgIpc) is 3.32. The summed E-state index contributed by atoms with van der Waals surface area (Å²) in [5.74, 6) is -2.05. The Morgan fingerprint density at radius 3 is 2.83 bits per heavy atom. The number of amides is 1. The average molecular weight is 354 g/mol. The van der Waals surface area contributed by atoms with Crippen molar-refractivity contribution in [3.8, 4) is 5.75 Å². The fourth-order valence-corrected chi connectivity index (χ4v) is 2.84. The number of carbonyl (C=O) groups excluding carboxylic acids is 1. The number of nitrogens with one attached hydrogen (secondary N) is 2. The molecule has 0 atom stereocenters. The minimum absolute atomic E-state index is 0.213. The maximum Gasteiger partial charge on any atom is 0.258 e. The maximum atomic E-state index is 13.9. The number of benzene rings is 1. The number of aromatic amines is 1. The SMILES string of the molecule is COc1c(F)ccc(F)c1C(=O)NCCc1n[nH]c(=S)n1C1CC1. The molecule has 0 bridgehead atoms. The van der Waals surface area contributed by atoms with Gasteiger partial charge in [0, 0.05) is 19.0 Å². The molecule has 24 heavy (non-hydrogen) atoms. The molecule has 1 aromatic heterocycles. The third kappa shape index (κ3) is 3.16. The molecule has 9 heteroatoms. The minimum atomic E-state index is -0.841. The third-order valence-electron chi connectivity index (χ3n) is 3.81. The van der Waals surface area contributed by atoms with Gasteiger partial charge in [0.25, 0.3) is 5.91 Å². The zero-order valence-electron chi connectivity index (χ0n) is 12.9. The van der Waals surface area contributed by atoms with Crippen LogP contribution in [0.25, 0.3) is 0 Å². The predicted molar refractivity (Wildman–Crippen MR) is 84.6 cm³/mol. The summed E-state index contributed by atoms with van der Waals surface area (Å²) in [5.41, 5.74) is -0.446. The number of aromatic nitrogens is 3. The molecule has 0 saturated heterocycles. The van der Waals surface area contributed by atoms with Gasteiger partial charge in [-0.05, 0) is 37.2 Å². The molecule has 3 rings (SSSR count). The Morgan fingerprint density at radius 2 is 2.17 bits per heavy atom. The first-order chi connectivity index (χ1) is 11.5. The van der Waals surface area contributed by atoms with Crippen LogP contribution in [0.15, 0.2) is 12.1 Å². The van der Waals surface area contributed by atoms with Crippen LogP contribution < -0.4 is 10.1 Å². The van der Waals surface area contributed by atoms with Gasteiger partial charge in [0.15, 0.2) is 16.3 Å². The van der Waals surface area contributed by atoms with Crippen molar-refractivity contribution >= 4 is 18.1 Å². The van der Waals surface area contributed by atoms with Gasteiger partial charge in [-0.25, -0.2) is 8.78 Å². The van der Waals surface area contributed by atoms with Crippen molar-refractivity contribution in [3.05, 3.63) is 39.9 Å². The first-order valence-corrected chi connectivity index (χ1v) is 7.89. The van der Waals surface area contributed by atoms with Crippen LogP contribution in [0, 0.1) is 16.4 Å². The van der Waals surface area contributed by atoms with Crippen LogP contribution in [-0.2, 0) is 6.42 Å². The lowest BCUT2D eigenvalue weighted by Gasteiger charge is -2.11. The van der Waals surface area contributed by atoms with Gasteiger partial charge in [-0.3, -0.25) is 9.89 Å². The summed E-state index contributed by atoms with van der Waals surface area (Å²) in [7, 11) is 1.18. The van der Waals surface area contributed by atoms with E-state index in [9.17, 15) is 13.6 Å². The van der Waals surface area contributed by atoms with Crippen molar-refractivity contribution in [1.82, 2.24) is 20.1 Å². The molecule has 1 amide bonds. The lowest BCUT2D eigenvalue weighted by Crippen LogP contribution is -2.28. The number of H-pyrrole nitrogens is 1. The number of nitrogens with zero attached hydrogens (tertiary/aromatic N) is 2. The number of ether oxygens (including phenoxy) is 1. The van der Waals surface area contributed by atoms with Crippen LogP contribution in [0.2, 0.25) is 0 Å². The molecule has 1 saturated carbocycles. The summed E-state index contributed by atoms with van der Waals surface area (Å²) in [6.45, 7) is 0.213. The van der Waals surface area contributed by atoms with Crippen molar-refractivity contribution in [1.29, 1.82) is 0 Å². The molecule has 1 fully saturated rings. The Bertz CT molecular complexity index is 829. The standard InChI is InChI=1S/C15H16F2N4O2S/c1-23-13-10(17)5-4-9(16)12(13)14(22)18-7-6-11-19-20-15(24)21(11)8-2-3-8/h4-5,8H,2-3,6-7H2,1H3,(H,18,22)(H,20,24). The highest BCUT2D eigenvalue weighted by atomic mass is 32.1. The summed E-state index contributed by atoms with van der Waals surface area (Å²) in [6, 6.07) is 2.17. The van der Waals surface area contributed by atoms with E-state index in [1.807, 2.05) is 4.57 Å². The molecule has 0 radical (unpaired) electrons. The van der Waals surface area contributed by atoms with Crippen LogP contribution >= 0.6 is 12.2 Å². The van der Waals surface area contributed by atoms with Crippen molar-refractivity contribution in [2.45, 2.75) is 25.3 Å². The monoisotopic (exact) mass is 354 g/mol. The molecule has 2 aromatic rings. The number of hydrogen-bond acceptors (Lipinski definition) is 4. The molecule has 0 unspecified atom stereocenters. The van der Waals surface area contributed by atoms with Crippen LogP contribution in [0.5, 0.6) is 5.75 Å². The van der Waals surface area contributed by atoms with Gasteiger partial charge in [0.05, 0.1) is 7.11 Å². The number of halogens is 2. The van der Waals surface area contributed by atoms with E-state index in [4.69, 9.17) is 17.0 Å². The topological polar surface area (TPSA) is 71.9 Å². The van der Waals surface area contributed by atoms with Crippen molar-refractivity contribution in [2.75, 3.05) is 13.7 Å². The van der Waals surface area contributed by atoms with E-state index < -0.39 is 28.9 Å². The Morgan fingerprint density at radius 1 is 1.46 bits per heavy atom. The Balaban J connectivity index is 1.69. The van der Waals surface area contributed by atoms with Crippen LogP contribution in [0.3, 0.4) is 0 Å². The van der Waals surface area contributed by atoms with Crippen molar-refractivity contribution in [3.63, 3.8) is 0 Å². The lowest BCUT2D eigenvalue weighted by atomic mass is 10.1. The highest BCUT2D eigenvalue weighted by molar-refractivity contribution is 7.71. The molecule has 0 aliphatic heterocycles.